The van der Waals surface area contributed by atoms with Gasteiger partial charge in [-0.05, 0) is 45.9 Å². The monoisotopic (exact) mass is 372 g/mol. The highest BCUT2D eigenvalue weighted by atomic mass is 32.2. The van der Waals surface area contributed by atoms with Crippen LogP contribution in [0.25, 0.3) is 0 Å². The maximum absolute atomic E-state index is 14.1. The summed E-state index contributed by atoms with van der Waals surface area (Å²) in [7, 11) is -3.59. The molecule has 2 rings (SSSR count). The van der Waals surface area contributed by atoms with Crippen LogP contribution in [-0.2, 0) is 14.6 Å². The smallest absolute Gasteiger partial charge is 0.410 e. The summed E-state index contributed by atoms with van der Waals surface area (Å²) in [6.07, 6.45) is 0.616. The lowest BCUT2D eigenvalue weighted by Crippen LogP contribution is -2.55. The lowest BCUT2D eigenvalue weighted by molar-refractivity contribution is 0.0159. The predicted molar refractivity (Wildman–Crippen MR) is 94.1 cm³/mol. The SMILES string of the molecule is C[C@@H]1CN(c2ccc(S(C)(=O)=O)c(F)c2)CCN1C(=O)OC(C)(C)C. The van der Waals surface area contributed by atoms with Crippen LogP contribution >= 0.6 is 0 Å². The number of nitrogens with zero attached hydrogens (tertiary/aromatic N) is 2. The van der Waals surface area contributed by atoms with E-state index in [2.05, 4.69) is 0 Å². The zero-order valence-electron chi connectivity index (χ0n) is 15.2. The molecule has 1 amide bonds. The van der Waals surface area contributed by atoms with Crippen molar-refractivity contribution in [3.05, 3.63) is 24.0 Å². The normalized spacial score (nSPS) is 19.0. The van der Waals surface area contributed by atoms with Crippen molar-refractivity contribution in [3.63, 3.8) is 0 Å². The number of sulfone groups is 1. The van der Waals surface area contributed by atoms with Gasteiger partial charge in [-0.15, -0.1) is 0 Å². The van der Waals surface area contributed by atoms with Gasteiger partial charge in [0.15, 0.2) is 9.84 Å². The average Bonchev–Trinajstić information content (AvgIpc) is 2.43. The molecule has 1 heterocycles. The average molecular weight is 372 g/mol. The second-order valence-electron chi connectivity index (χ2n) is 7.36. The highest BCUT2D eigenvalue weighted by molar-refractivity contribution is 7.90. The predicted octanol–water partition coefficient (Wildman–Crippen LogP) is 2.67. The van der Waals surface area contributed by atoms with E-state index in [0.29, 0.717) is 25.3 Å². The van der Waals surface area contributed by atoms with E-state index in [4.69, 9.17) is 4.74 Å². The molecule has 0 aliphatic carbocycles. The Morgan fingerprint density at radius 3 is 2.40 bits per heavy atom. The summed E-state index contributed by atoms with van der Waals surface area (Å²) in [5.74, 6) is -0.762. The van der Waals surface area contributed by atoms with E-state index in [1.807, 2.05) is 32.6 Å². The summed E-state index contributed by atoms with van der Waals surface area (Å²) in [5.41, 5.74) is 0.0408. The molecule has 0 saturated carbocycles. The fourth-order valence-electron chi connectivity index (χ4n) is 2.77. The van der Waals surface area contributed by atoms with Gasteiger partial charge >= 0.3 is 6.09 Å². The molecule has 1 atom stereocenters. The molecular weight excluding hydrogens is 347 g/mol. The number of anilines is 1. The van der Waals surface area contributed by atoms with Gasteiger partial charge in [-0.25, -0.2) is 17.6 Å². The second kappa shape index (κ2) is 6.82. The van der Waals surface area contributed by atoms with Gasteiger partial charge in [0.1, 0.15) is 16.3 Å². The Kier molecular flexibility index (Phi) is 5.32. The van der Waals surface area contributed by atoms with Crippen molar-refractivity contribution in [2.45, 2.75) is 44.2 Å². The number of ether oxygens (including phenoxy) is 1. The molecule has 1 aromatic carbocycles. The molecule has 0 unspecified atom stereocenters. The second-order valence-corrected chi connectivity index (χ2v) is 9.34. The Labute approximate surface area is 148 Å². The molecule has 1 saturated heterocycles. The van der Waals surface area contributed by atoms with Crippen LogP contribution in [0.5, 0.6) is 0 Å². The number of hydrogen-bond acceptors (Lipinski definition) is 5. The first-order valence-electron chi connectivity index (χ1n) is 8.12. The van der Waals surface area contributed by atoms with Gasteiger partial charge in [0.05, 0.1) is 0 Å². The number of piperazine rings is 1. The quantitative estimate of drug-likeness (QED) is 0.798. The first-order valence-corrected chi connectivity index (χ1v) is 10.0. The van der Waals surface area contributed by atoms with Gasteiger partial charge in [0.25, 0.3) is 0 Å². The molecule has 0 N–H and O–H groups in total. The molecule has 0 radical (unpaired) electrons. The molecule has 6 nitrogen and oxygen atoms in total. The Bertz CT molecular complexity index is 758. The third kappa shape index (κ3) is 4.84. The number of hydrogen-bond donors (Lipinski definition) is 0. The molecular formula is C17H25FN2O4S. The minimum atomic E-state index is -3.59. The van der Waals surface area contributed by atoms with Crippen LogP contribution in [0, 0.1) is 5.82 Å². The fourth-order valence-corrected chi connectivity index (χ4v) is 3.50. The van der Waals surface area contributed by atoms with E-state index in [-0.39, 0.29) is 17.0 Å². The van der Waals surface area contributed by atoms with E-state index in [1.165, 1.54) is 12.1 Å². The van der Waals surface area contributed by atoms with Crippen molar-refractivity contribution < 1.29 is 22.3 Å². The van der Waals surface area contributed by atoms with Gasteiger partial charge in [-0.1, -0.05) is 0 Å². The lowest BCUT2D eigenvalue weighted by Gasteiger charge is -2.41. The van der Waals surface area contributed by atoms with Gasteiger partial charge in [-0.3, -0.25) is 0 Å². The van der Waals surface area contributed by atoms with Crippen LogP contribution in [0.1, 0.15) is 27.7 Å². The topological polar surface area (TPSA) is 66.9 Å². The molecule has 0 bridgehead atoms. The van der Waals surface area contributed by atoms with E-state index in [0.717, 1.165) is 6.26 Å². The van der Waals surface area contributed by atoms with Crippen molar-refractivity contribution in [1.82, 2.24) is 4.90 Å². The van der Waals surface area contributed by atoms with Gasteiger partial charge in [-0.2, -0.15) is 0 Å². The number of carbonyl (C=O) groups is 1. The van der Waals surface area contributed by atoms with Gasteiger partial charge in [0, 0.05) is 37.6 Å². The Balaban J connectivity index is 2.11. The van der Waals surface area contributed by atoms with Crippen LogP contribution in [-0.4, -0.2) is 56.9 Å². The third-order valence-electron chi connectivity index (χ3n) is 3.94. The molecule has 0 aromatic heterocycles. The summed E-state index contributed by atoms with van der Waals surface area (Å²) >= 11 is 0. The van der Waals surface area contributed by atoms with Crippen LogP contribution in [0.2, 0.25) is 0 Å². The van der Waals surface area contributed by atoms with E-state index >= 15 is 0 Å². The van der Waals surface area contributed by atoms with Crippen molar-refractivity contribution in [2.24, 2.45) is 0 Å². The fraction of sp³-hybridized carbons (Fsp3) is 0.588. The van der Waals surface area contributed by atoms with Crippen LogP contribution in [0.3, 0.4) is 0 Å². The molecule has 1 fully saturated rings. The highest BCUT2D eigenvalue weighted by Crippen LogP contribution is 2.25. The molecule has 1 aliphatic rings. The Morgan fingerprint density at radius 2 is 1.92 bits per heavy atom. The van der Waals surface area contributed by atoms with Crippen molar-refractivity contribution >= 4 is 21.6 Å². The molecule has 8 heteroatoms. The number of amides is 1. The number of halogens is 1. The molecule has 140 valence electrons. The minimum Gasteiger partial charge on any atom is -0.444 e. The molecule has 25 heavy (non-hydrogen) atoms. The van der Waals surface area contributed by atoms with Crippen LogP contribution in [0.4, 0.5) is 14.9 Å². The van der Waals surface area contributed by atoms with Crippen LogP contribution < -0.4 is 4.90 Å². The largest absolute Gasteiger partial charge is 0.444 e. The standard InChI is InChI=1S/C17H25FN2O4S/c1-12-11-19(8-9-20(12)16(21)24-17(2,3)4)13-6-7-15(14(18)10-13)25(5,22)23/h6-7,10,12H,8-9,11H2,1-5H3/t12-/m1/s1. The summed E-state index contributed by atoms with van der Waals surface area (Å²) in [5, 5.41) is 0. The maximum Gasteiger partial charge on any atom is 0.410 e. The van der Waals surface area contributed by atoms with Crippen molar-refractivity contribution in [3.8, 4) is 0 Å². The zero-order valence-corrected chi connectivity index (χ0v) is 16.1. The highest BCUT2D eigenvalue weighted by Gasteiger charge is 2.31. The molecule has 0 spiro atoms. The van der Waals surface area contributed by atoms with E-state index in [1.54, 1.807) is 11.0 Å². The van der Waals surface area contributed by atoms with Gasteiger partial charge in [0.2, 0.25) is 0 Å². The minimum absolute atomic E-state index is 0.110. The van der Waals surface area contributed by atoms with E-state index in [9.17, 15) is 17.6 Å². The molecule has 1 aliphatic heterocycles. The summed E-state index contributed by atoms with van der Waals surface area (Å²) in [6.45, 7) is 8.83. The molecule has 1 aromatic rings. The summed E-state index contributed by atoms with van der Waals surface area (Å²) < 4.78 is 42.5. The van der Waals surface area contributed by atoms with Crippen molar-refractivity contribution in [2.75, 3.05) is 30.8 Å². The first kappa shape index (κ1) is 19.5. The summed E-state index contributed by atoms with van der Waals surface area (Å²) in [6, 6.07) is 3.99. The van der Waals surface area contributed by atoms with Crippen molar-refractivity contribution in [1.29, 1.82) is 0 Å². The number of rotatable bonds is 2. The number of carbonyl (C=O) groups excluding carboxylic acids is 1. The summed E-state index contributed by atoms with van der Waals surface area (Å²) in [4.78, 5) is 15.5. The third-order valence-corrected chi connectivity index (χ3v) is 5.07. The van der Waals surface area contributed by atoms with Gasteiger partial charge < -0.3 is 14.5 Å². The number of benzene rings is 1. The zero-order chi connectivity index (χ0) is 19.0. The maximum atomic E-state index is 14.1. The van der Waals surface area contributed by atoms with E-state index < -0.39 is 21.3 Å². The van der Waals surface area contributed by atoms with Crippen LogP contribution in [0.15, 0.2) is 23.1 Å². The Hall–Kier alpha value is -1.83. The first-order chi connectivity index (χ1) is 11.4. The Morgan fingerprint density at radius 1 is 1.28 bits per heavy atom. The lowest BCUT2D eigenvalue weighted by atomic mass is 10.1.